The van der Waals surface area contributed by atoms with Crippen molar-refractivity contribution >= 4 is 62.8 Å². The fourth-order valence-electron chi connectivity index (χ4n) is 4.12. The number of hydrogen-bond acceptors (Lipinski definition) is 10. The second-order valence-electron chi connectivity index (χ2n) is 9.52. The van der Waals surface area contributed by atoms with Crippen LogP contribution >= 0.6 is 22.7 Å². The molecular formula is C27H28N6O5S2. The van der Waals surface area contributed by atoms with Crippen LogP contribution in [0.1, 0.15) is 49.4 Å². The molecule has 1 aromatic carbocycles. The largest absolute Gasteiger partial charge is 0.464 e. The third kappa shape index (κ3) is 6.54. The first-order valence-electron chi connectivity index (χ1n) is 12.8. The Hall–Kier alpha value is -4.10. The summed E-state index contributed by atoms with van der Waals surface area (Å²) in [6, 6.07) is 8.00. The summed E-state index contributed by atoms with van der Waals surface area (Å²) in [5, 5.41) is 18.6. The zero-order valence-electron chi connectivity index (χ0n) is 21.6. The molecule has 4 N–H and O–H groups in total. The fraction of sp³-hybridized carbons (Fsp3) is 0.333. The van der Waals surface area contributed by atoms with E-state index < -0.39 is 23.8 Å². The van der Waals surface area contributed by atoms with Crippen LogP contribution in [0.2, 0.25) is 0 Å². The number of aromatic amines is 1. The van der Waals surface area contributed by atoms with E-state index in [0.717, 1.165) is 46.9 Å². The Morgan fingerprint density at radius 2 is 2.02 bits per heavy atom. The topological polar surface area (TPSA) is 155 Å². The smallest absolute Gasteiger partial charge is 0.330 e. The van der Waals surface area contributed by atoms with Crippen molar-refractivity contribution in [2.75, 3.05) is 25.0 Å². The number of hydrogen-bond donors (Lipinski definition) is 4. The van der Waals surface area contributed by atoms with Gasteiger partial charge in [0.1, 0.15) is 17.2 Å². The molecule has 4 aromatic rings. The first-order chi connectivity index (χ1) is 19.4. The summed E-state index contributed by atoms with van der Waals surface area (Å²) < 4.78 is 5.40. The van der Waals surface area contributed by atoms with Crippen LogP contribution in [0.15, 0.2) is 41.9 Å². The van der Waals surface area contributed by atoms with Crippen LogP contribution < -0.4 is 16.0 Å². The molecule has 1 saturated carbocycles. The Morgan fingerprint density at radius 3 is 2.77 bits per heavy atom. The Balaban J connectivity index is 1.23. The van der Waals surface area contributed by atoms with Gasteiger partial charge in [-0.1, -0.05) is 29.5 Å². The number of benzene rings is 1. The Morgan fingerprint density at radius 1 is 1.18 bits per heavy atom. The monoisotopic (exact) mass is 580 g/mol. The molecule has 0 aliphatic heterocycles. The molecule has 1 fully saturated rings. The van der Waals surface area contributed by atoms with Gasteiger partial charge in [-0.3, -0.25) is 14.7 Å². The van der Waals surface area contributed by atoms with Gasteiger partial charge in [0.25, 0.3) is 11.8 Å². The minimum absolute atomic E-state index is 0.116. The predicted molar refractivity (Wildman–Crippen MR) is 152 cm³/mol. The van der Waals surface area contributed by atoms with Crippen LogP contribution in [0.5, 0.6) is 0 Å². The SMILES string of the molecule is Cc1nc(NCC(C=O)c2cccc3[nH]ncc23)sc1C(=O)NC(CNC(=O)c1cccs1)C(=O)OCC1CC1. The lowest BCUT2D eigenvalue weighted by Gasteiger charge is -2.18. The normalized spacial score (nSPS) is 14.3. The predicted octanol–water partition coefficient (Wildman–Crippen LogP) is 3.27. The first kappa shape index (κ1) is 27.5. The van der Waals surface area contributed by atoms with Crippen LogP contribution in [-0.4, -0.2) is 65.0 Å². The number of H-pyrrole nitrogens is 1. The number of aryl methyl sites for hydroxylation is 1. The molecule has 1 aliphatic carbocycles. The average molecular weight is 581 g/mol. The zero-order chi connectivity index (χ0) is 28.1. The molecule has 11 nitrogen and oxygen atoms in total. The third-order valence-corrected chi connectivity index (χ3v) is 8.50. The van der Waals surface area contributed by atoms with Crippen molar-refractivity contribution in [3.63, 3.8) is 0 Å². The Bertz CT molecular complexity index is 1510. The van der Waals surface area contributed by atoms with E-state index in [1.165, 1.54) is 11.3 Å². The highest BCUT2D eigenvalue weighted by molar-refractivity contribution is 7.17. The van der Waals surface area contributed by atoms with Crippen LogP contribution in [-0.2, 0) is 14.3 Å². The number of carbonyl (C=O) groups is 4. The summed E-state index contributed by atoms with van der Waals surface area (Å²) in [6.45, 7) is 2.14. The number of esters is 1. The molecule has 0 radical (unpaired) electrons. The summed E-state index contributed by atoms with van der Waals surface area (Å²) in [5.74, 6) is -1.54. The minimum atomic E-state index is -1.07. The molecular weight excluding hydrogens is 552 g/mol. The van der Waals surface area contributed by atoms with Gasteiger partial charge < -0.3 is 25.5 Å². The molecule has 2 atom stereocenters. The highest BCUT2D eigenvalue weighted by atomic mass is 32.1. The Labute approximate surface area is 237 Å². The van der Waals surface area contributed by atoms with Crippen molar-refractivity contribution in [1.82, 2.24) is 25.8 Å². The number of anilines is 1. The molecule has 2 unspecified atom stereocenters. The highest BCUT2D eigenvalue weighted by Crippen LogP contribution is 2.29. The summed E-state index contributed by atoms with van der Waals surface area (Å²) in [5.41, 5.74) is 2.14. The molecule has 13 heteroatoms. The highest BCUT2D eigenvalue weighted by Gasteiger charge is 2.29. The molecule has 2 amide bonds. The van der Waals surface area contributed by atoms with Crippen LogP contribution in [0.25, 0.3) is 10.9 Å². The van der Waals surface area contributed by atoms with E-state index in [1.54, 1.807) is 30.6 Å². The van der Waals surface area contributed by atoms with Crippen LogP contribution in [0.3, 0.4) is 0 Å². The molecule has 3 aromatic heterocycles. The standard InChI is InChI=1S/C27H28N6O5S2/c1-15-23(40-27(31-15)29-10-17(13-34)18-4-2-5-20-19(18)11-30-33-20)25(36)32-21(26(37)38-14-16-7-8-16)12-28-24(35)22-6-3-9-39-22/h2-6,9,11,13,16-17,21H,7-8,10,12,14H2,1H3,(H,28,35)(H,29,31)(H,30,33)(H,32,36). The molecule has 0 spiro atoms. The number of nitrogens with zero attached hydrogens (tertiary/aromatic N) is 2. The number of nitrogens with one attached hydrogen (secondary N) is 4. The van der Waals surface area contributed by atoms with E-state index in [4.69, 9.17) is 4.74 Å². The number of thiazole rings is 1. The quantitative estimate of drug-likeness (QED) is 0.139. The lowest BCUT2D eigenvalue weighted by atomic mass is 9.97. The van der Waals surface area contributed by atoms with Gasteiger partial charge in [0.2, 0.25) is 0 Å². The molecule has 0 saturated heterocycles. The van der Waals surface area contributed by atoms with E-state index in [9.17, 15) is 19.2 Å². The van der Waals surface area contributed by atoms with Crippen molar-refractivity contribution in [1.29, 1.82) is 0 Å². The van der Waals surface area contributed by atoms with Crippen molar-refractivity contribution < 1.29 is 23.9 Å². The number of fused-ring (bicyclic) bond motifs is 1. The average Bonchev–Trinajstić information content (AvgIpc) is 3.32. The second-order valence-corrected chi connectivity index (χ2v) is 11.5. The maximum atomic E-state index is 13.2. The van der Waals surface area contributed by atoms with Gasteiger partial charge in [-0.25, -0.2) is 9.78 Å². The summed E-state index contributed by atoms with van der Waals surface area (Å²) in [6.07, 6.45) is 4.58. The third-order valence-electron chi connectivity index (χ3n) is 6.52. The van der Waals surface area contributed by atoms with Gasteiger partial charge in [0, 0.05) is 18.5 Å². The number of ether oxygens (including phenoxy) is 1. The van der Waals surface area contributed by atoms with Gasteiger partial charge in [0.15, 0.2) is 5.13 Å². The Kier molecular flexibility index (Phi) is 8.51. The van der Waals surface area contributed by atoms with Gasteiger partial charge in [-0.05, 0) is 48.8 Å². The molecule has 3 heterocycles. The summed E-state index contributed by atoms with van der Waals surface area (Å²) >= 11 is 2.40. The van der Waals surface area contributed by atoms with Gasteiger partial charge in [-0.2, -0.15) is 5.10 Å². The summed E-state index contributed by atoms with van der Waals surface area (Å²) in [7, 11) is 0. The van der Waals surface area contributed by atoms with E-state index >= 15 is 0 Å². The van der Waals surface area contributed by atoms with Crippen LogP contribution in [0.4, 0.5) is 5.13 Å². The number of carbonyl (C=O) groups excluding carboxylic acids is 4. The van der Waals surface area contributed by atoms with Crippen LogP contribution in [0, 0.1) is 12.8 Å². The van der Waals surface area contributed by atoms with Gasteiger partial charge in [0.05, 0.1) is 34.8 Å². The molecule has 1 aliphatic rings. The van der Waals surface area contributed by atoms with E-state index in [2.05, 4.69) is 31.1 Å². The van der Waals surface area contributed by atoms with Gasteiger partial charge >= 0.3 is 5.97 Å². The number of rotatable bonds is 13. The van der Waals surface area contributed by atoms with Crippen molar-refractivity contribution in [3.8, 4) is 0 Å². The second kappa shape index (κ2) is 12.4. The lowest BCUT2D eigenvalue weighted by Crippen LogP contribution is -2.49. The minimum Gasteiger partial charge on any atom is -0.464 e. The number of aldehydes is 1. The molecule has 5 rings (SSSR count). The molecule has 208 valence electrons. The fourth-order valence-corrected chi connectivity index (χ4v) is 5.63. The first-order valence-corrected chi connectivity index (χ1v) is 14.5. The van der Waals surface area contributed by atoms with E-state index in [-0.39, 0.29) is 19.0 Å². The molecule has 0 bridgehead atoms. The lowest BCUT2D eigenvalue weighted by molar-refractivity contribution is -0.146. The number of thiophene rings is 1. The number of amides is 2. The van der Waals surface area contributed by atoms with Gasteiger partial charge in [-0.15, -0.1) is 11.3 Å². The van der Waals surface area contributed by atoms with Crippen molar-refractivity contribution in [3.05, 3.63) is 62.9 Å². The zero-order valence-corrected chi connectivity index (χ0v) is 23.3. The van der Waals surface area contributed by atoms with Crippen molar-refractivity contribution in [2.45, 2.75) is 31.7 Å². The maximum absolute atomic E-state index is 13.2. The maximum Gasteiger partial charge on any atom is 0.330 e. The summed E-state index contributed by atoms with van der Waals surface area (Å²) in [4.78, 5) is 55.6. The number of aromatic nitrogens is 3. The molecule has 40 heavy (non-hydrogen) atoms. The van der Waals surface area contributed by atoms with Crippen molar-refractivity contribution in [2.24, 2.45) is 5.92 Å². The van der Waals surface area contributed by atoms with E-state index in [0.29, 0.717) is 33.1 Å². The van der Waals surface area contributed by atoms with E-state index in [1.807, 2.05) is 18.2 Å².